The van der Waals surface area contributed by atoms with Crippen molar-refractivity contribution in [2.75, 3.05) is 50.8 Å². The van der Waals surface area contributed by atoms with Crippen molar-refractivity contribution in [1.82, 2.24) is 9.80 Å². The van der Waals surface area contributed by atoms with Crippen molar-refractivity contribution in [2.45, 2.75) is 57.3 Å². The molecule has 2 aliphatic heterocycles. The maximum atomic E-state index is 14.0. The zero-order valence-electron chi connectivity index (χ0n) is 27.7. The van der Waals surface area contributed by atoms with Crippen LogP contribution in [0.3, 0.4) is 0 Å². The SMILES string of the molecule is Cc1ccc(S(=O)(=O)OCC(=O)N2CCC(C(=O)N(CCCN3CCC(Cc4ccc(F)cc4)CC3)c3ccc(C)c(Cl)c3)CC2)cc1. The fourth-order valence-electron chi connectivity index (χ4n) is 6.53. The van der Waals surface area contributed by atoms with Gasteiger partial charge in [0.25, 0.3) is 10.1 Å². The first-order valence-electron chi connectivity index (χ1n) is 16.8. The smallest absolute Gasteiger partial charge is 0.297 e. The molecule has 8 nitrogen and oxygen atoms in total. The predicted molar refractivity (Wildman–Crippen MR) is 186 cm³/mol. The molecule has 5 rings (SSSR count). The number of benzene rings is 3. The third-order valence-corrected chi connectivity index (χ3v) is 11.3. The summed E-state index contributed by atoms with van der Waals surface area (Å²) in [6.45, 7) is 7.33. The Hall–Kier alpha value is -3.31. The molecule has 3 aromatic carbocycles. The second kappa shape index (κ2) is 16.4. The molecule has 0 aliphatic carbocycles. The minimum absolute atomic E-state index is 0.00727. The highest BCUT2D eigenvalue weighted by Crippen LogP contribution is 2.28. The van der Waals surface area contributed by atoms with Gasteiger partial charge >= 0.3 is 0 Å². The molecule has 0 atom stereocenters. The lowest BCUT2D eigenvalue weighted by molar-refractivity contribution is -0.136. The number of carbonyl (C=O) groups excluding carboxylic acids is 2. The van der Waals surface area contributed by atoms with Gasteiger partial charge in [-0.25, -0.2) is 4.39 Å². The number of carbonyl (C=O) groups is 2. The number of halogens is 2. The molecule has 0 saturated carbocycles. The predicted octanol–water partition coefficient (Wildman–Crippen LogP) is 6.42. The van der Waals surface area contributed by atoms with Crippen molar-refractivity contribution in [1.29, 1.82) is 0 Å². The maximum absolute atomic E-state index is 14.0. The Morgan fingerprint density at radius 1 is 0.917 bits per heavy atom. The zero-order valence-corrected chi connectivity index (χ0v) is 29.3. The molecule has 0 aromatic heterocycles. The molecule has 0 N–H and O–H groups in total. The third-order valence-electron chi connectivity index (χ3n) is 9.58. The summed E-state index contributed by atoms with van der Waals surface area (Å²) in [6, 6.07) is 18.8. The van der Waals surface area contributed by atoms with Gasteiger partial charge < -0.3 is 14.7 Å². The number of aryl methyl sites for hydroxylation is 2. The lowest BCUT2D eigenvalue weighted by Crippen LogP contribution is -2.46. The van der Waals surface area contributed by atoms with Crippen LogP contribution in [0.2, 0.25) is 5.02 Å². The van der Waals surface area contributed by atoms with Gasteiger partial charge in [-0.2, -0.15) is 8.42 Å². The molecule has 2 amide bonds. The quantitative estimate of drug-likeness (QED) is 0.203. The van der Waals surface area contributed by atoms with Crippen molar-refractivity contribution in [2.24, 2.45) is 11.8 Å². The van der Waals surface area contributed by atoms with E-state index in [2.05, 4.69) is 4.90 Å². The van der Waals surface area contributed by atoms with E-state index in [-0.39, 0.29) is 22.5 Å². The molecule has 0 spiro atoms. The number of likely N-dealkylation sites (tertiary alicyclic amines) is 2. The van der Waals surface area contributed by atoms with Crippen molar-refractivity contribution < 1.29 is 26.6 Å². The number of piperidine rings is 2. The minimum atomic E-state index is -4.05. The monoisotopic (exact) mass is 697 g/mol. The van der Waals surface area contributed by atoms with Crippen molar-refractivity contribution >= 4 is 39.2 Å². The first-order valence-corrected chi connectivity index (χ1v) is 18.6. The summed E-state index contributed by atoms with van der Waals surface area (Å²) in [4.78, 5) is 32.7. The molecule has 48 heavy (non-hydrogen) atoms. The summed E-state index contributed by atoms with van der Waals surface area (Å²) < 4.78 is 43.4. The molecule has 11 heteroatoms. The van der Waals surface area contributed by atoms with E-state index < -0.39 is 22.6 Å². The number of anilines is 1. The number of hydrogen-bond donors (Lipinski definition) is 0. The summed E-state index contributed by atoms with van der Waals surface area (Å²) in [5.74, 6) is -0.294. The highest BCUT2D eigenvalue weighted by molar-refractivity contribution is 7.86. The van der Waals surface area contributed by atoms with Crippen LogP contribution in [0.25, 0.3) is 0 Å². The summed E-state index contributed by atoms with van der Waals surface area (Å²) in [7, 11) is -4.05. The van der Waals surface area contributed by atoms with Crippen molar-refractivity contribution in [3.8, 4) is 0 Å². The van der Waals surface area contributed by atoms with E-state index >= 15 is 0 Å². The minimum Gasteiger partial charge on any atom is -0.341 e. The van der Waals surface area contributed by atoms with E-state index in [1.807, 2.05) is 49.1 Å². The van der Waals surface area contributed by atoms with Crippen LogP contribution in [0.15, 0.2) is 71.6 Å². The first-order chi connectivity index (χ1) is 23.0. The van der Waals surface area contributed by atoms with Gasteiger partial charge in [0, 0.05) is 36.3 Å². The van der Waals surface area contributed by atoms with Gasteiger partial charge in [-0.3, -0.25) is 13.8 Å². The Morgan fingerprint density at radius 2 is 1.58 bits per heavy atom. The molecule has 2 heterocycles. The van der Waals surface area contributed by atoms with E-state index in [1.165, 1.54) is 29.8 Å². The molecule has 258 valence electrons. The summed E-state index contributed by atoms with van der Waals surface area (Å²) in [5.41, 5.74) is 3.80. The van der Waals surface area contributed by atoms with Gasteiger partial charge in [0.2, 0.25) is 11.8 Å². The van der Waals surface area contributed by atoms with E-state index in [0.717, 1.165) is 62.1 Å². The van der Waals surface area contributed by atoms with Crippen LogP contribution >= 0.6 is 11.6 Å². The fourth-order valence-corrected chi connectivity index (χ4v) is 7.56. The number of nitrogens with zero attached hydrogens (tertiary/aromatic N) is 3. The van der Waals surface area contributed by atoms with E-state index in [9.17, 15) is 22.4 Å². The second-order valence-electron chi connectivity index (χ2n) is 13.1. The first kappa shape index (κ1) is 36.0. The molecule has 0 unspecified atom stereocenters. The Balaban J connectivity index is 1.12. The zero-order chi connectivity index (χ0) is 34.3. The van der Waals surface area contributed by atoms with Crippen LogP contribution in [0.1, 0.15) is 48.8 Å². The number of hydrogen-bond acceptors (Lipinski definition) is 6. The molecule has 0 radical (unpaired) electrons. The molecular weight excluding hydrogens is 653 g/mol. The fraction of sp³-hybridized carbons (Fsp3) is 0.459. The van der Waals surface area contributed by atoms with Gasteiger partial charge in [0.15, 0.2) is 0 Å². The van der Waals surface area contributed by atoms with Crippen LogP contribution in [-0.4, -0.2) is 75.9 Å². The molecule has 0 bridgehead atoms. The van der Waals surface area contributed by atoms with Crippen molar-refractivity contribution in [3.63, 3.8) is 0 Å². The summed E-state index contributed by atoms with van der Waals surface area (Å²) >= 11 is 6.48. The third kappa shape index (κ3) is 9.65. The Labute approximate surface area is 288 Å². The van der Waals surface area contributed by atoms with Crippen LogP contribution in [-0.2, 0) is 30.3 Å². The molecule has 2 fully saturated rings. The normalized spacial score (nSPS) is 16.6. The van der Waals surface area contributed by atoms with Gasteiger partial charge in [0.1, 0.15) is 12.4 Å². The molecule has 2 saturated heterocycles. The Morgan fingerprint density at radius 3 is 2.23 bits per heavy atom. The molecular formula is C37H45ClFN3O5S. The van der Waals surface area contributed by atoms with Crippen LogP contribution in [0.5, 0.6) is 0 Å². The lowest BCUT2D eigenvalue weighted by atomic mass is 9.90. The van der Waals surface area contributed by atoms with Gasteiger partial charge in [-0.15, -0.1) is 0 Å². The van der Waals surface area contributed by atoms with Gasteiger partial charge in [0.05, 0.1) is 4.90 Å². The highest BCUT2D eigenvalue weighted by Gasteiger charge is 2.32. The number of rotatable bonds is 12. The summed E-state index contributed by atoms with van der Waals surface area (Å²) in [6.07, 6.45) is 4.92. The standard InChI is InChI=1S/C37H45ClFN3O5S/c1-27-4-12-34(13-5-27)48(45,46)47-26-36(43)41-22-16-31(17-23-41)37(44)42(33-11-6-28(2)35(38)25-33)19-3-18-40-20-14-30(15-21-40)24-29-7-9-32(39)10-8-29/h4-13,25,30-31H,3,14-24,26H2,1-2H3. The maximum Gasteiger partial charge on any atom is 0.297 e. The lowest BCUT2D eigenvalue weighted by Gasteiger charge is -2.35. The largest absolute Gasteiger partial charge is 0.341 e. The van der Waals surface area contributed by atoms with E-state index in [0.29, 0.717) is 43.4 Å². The second-order valence-corrected chi connectivity index (χ2v) is 15.1. The van der Waals surface area contributed by atoms with Gasteiger partial charge in [-0.1, -0.05) is 47.5 Å². The molecule has 3 aromatic rings. The Bertz CT molecular complexity index is 1650. The number of amides is 2. The molecule has 2 aliphatic rings. The average Bonchev–Trinajstić information content (AvgIpc) is 3.09. The summed E-state index contributed by atoms with van der Waals surface area (Å²) in [5, 5.41) is 0.606. The van der Waals surface area contributed by atoms with E-state index in [1.54, 1.807) is 17.0 Å². The van der Waals surface area contributed by atoms with Gasteiger partial charge in [-0.05, 0) is 125 Å². The Kier molecular flexibility index (Phi) is 12.3. The average molecular weight is 698 g/mol. The van der Waals surface area contributed by atoms with Crippen LogP contribution in [0.4, 0.5) is 10.1 Å². The van der Waals surface area contributed by atoms with E-state index in [4.69, 9.17) is 15.8 Å². The highest BCUT2D eigenvalue weighted by atomic mass is 35.5. The van der Waals surface area contributed by atoms with Crippen LogP contribution in [0, 0.1) is 31.5 Å². The van der Waals surface area contributed by atoms with Crippen molar-refractivity contribution in [3.05, 3.63) is 94.3 Å². The van der Waals surface area contributed by atoms with Crippen LogP contribution < -0.4 is 4.90 Å². The topological polar surface area (TPSA) is 87.2 Å².